The van der Waals surface area contributed by atoms with Crippen molar-refractivity contribution in [3.05, 3.63) is 77.9 Å². The molecule has 0 saturated carbocycles. The first-order valence-corrected chi connectivity index (χ1v) is 8.85. The normalized spacial score (nSPS) is 16.5. The largest absolute Gasteiger partial charge is 0.322 e. The van der Waals surface area contributed by atoms with E-state index in [-0.39, 0.29) is 30.7 Å². The number of benzene rings is 2. The van der Waals surface area contributed by atoms with Crippen molar-refractivity contribution in [3.8, 4) is 0 Å². The van der Waals surface area contributed by atoms with E-state index in [9.17, 15) is 14.4 Å². The highest BCUT2D eigenvalue weighted by Crippen LogP contribution is 2.27. The van der Waals surface area contributed by atoms with E-state index in [0.717, 1.165) is 11.1 Å². The predicted molar refractivity (Wildman–Crippen MR) is 104 cm³/mol. The van der Waals surface area contributed by atoms with Crippen molar-refractivity contribution in [1.29, 1.82) is 0 Å². The van der Waals surface area contributed by atoms with Crippen LogP contribution in [0, 0.1) is 13.8 Å². The van der Waals surface area contributed by atoms with Crippen LogP contribution in [0.3, 0.4) is 0 Å². The molecule has 1 fully saturated rings. The Balaban J connectivity index is 1.92. The zero-order valence-corrected chi connectivity index (χ0v) is 15.5. The van der Waals surface area contributed by atoms with E-state index in [2.05, 4.69) is 6.58 Å². The standard InChI is InChI=1S/C22H22N2O3/c1-4-13-23(21(26)18-8-6-5-7-16(18)3)19-14-20(25)24(22(19)27)17-11-9-15(2)10-12-17/h4-12,19H,1,13-14H2,2-3H3. The highest BCUT2D eigenvalue weighted by Gasteiger charge is 2.44. The van der Waals surface area contributed by atoms with Crippen LogP contribution < -0.4 is 4.90 Å². The lowest BCUT2D eigenvalue weighted by atomic mass is 10.1. The Morgan fingerprint density at radius 2 is 1.81 bits per heavy atom. The van der Waals surface area contributed by atoms with Gasteiger partial charge in [0, 0.05) is 12.1 Å². The van der Waals surface area contributed by atoms with Crippen molar-refractivity contribution in [1.82, 2.24) is 4.90 Å². The first-order valence-electron chi connectivity index (χ1n) is 8.85. The topological polar surface area (TPSA) is 57.7 Å². The number of carbonyl (C=O) groups excluding carboxylic acids is 3. The number of aryl methyl sites for hydroxylation is 2. The summed E-state index contributed by atoms with van der Waals surface area (Å²) in [6.45, 7) is 7.67. The Morgan fingerprint density at radius 1 is 1.15 bits per heavy atom. The summed E-state index contributed by atoms with van der Waals surface area (Å²) in [6.07, 6.45) is 1.54. The molecule has 1 aliphatic rings. The molecular formula is C22H22N2O3. The van der Waals surface area contributed by atoms with Crippen molar-refractivity contribution in [3.63, 3.8) is 0 Å². The van der Waals surface area contributed by atoms with Crippen LogP contribution in [0.1, 0.15) is 27.9 Å². The summed E-state index contributed by atoms with van der Waals surface area (Å²) >= 11 is 0. The quantitative estimate of drug-likeness (QED) is 0.606. The first kappa shape index (κ1) is 18.6. The van der Waals surface area contributed by atoms with Gasteiger partial charge in [-0.1, -0.05) is 42.0 Å². The third-order valence-electron chi connectivity index (χ3n) is 4.75. The molecule has 3 rings (SSSR count). The number of rotatable bonds is 5. The summed E-state index contributed by atoms with van der Waals surface area (Å²) in [4.78, 5) is 41.3. The molecule has 0 radical (unpaired) electrons. The third kappa shape index (κ3) is 3.53. The molecule has 27 heavy (non-hydrogen) atoms. The van der Waals surface area contributed by atoms with E-state index < -0.39 is 6.04 Å². The van der Waals surface area contributed by atoms with E-state index in [1.54, 1.807) is 30.3 Å². The van der Waals surface area contributed by atoms with Gasteiger partial charge < -0.3 is 4.90 Å². The molecule has 1 heterocycles. The van der Waals surface area contributed by atoms with Gasteiger partial charge in [-0.15, -0.1) is 6.58 Å². The minimum absolute atomic E-state index is 0.0296. The average Bonchev–Trinajstić information content (AvgIpc) is 2.94. The minimum Gasteiger partial charge on any atom is -0.322 e. The van der Waals surface area contributed by atoms with E-state index in [4.69, 9.17) is 0 Å². The van der Waals surface area contributed by atoms with Crippen LogP contribution in [0.4, 0.5) is 5.69 Å². The van der Waals surface area contributed by atoms with Crippen LogP contribution in [-0.2, 0) is 9.59 Å². The van der Waals surface area contributed by atoms with Crippen molar-refractivity contribution < 1.29 is 14.4 Å². The Bertz CT molecular complexity index is 902. The fourth-order valence-corrected chi connectivity index (χ4v) is 3.28. The van der Waals surface area contributed by atoms with Crippen molar-refractivity contribution in [2.75, 3.05) is 11.4 Å². The number of anilines is 1. The van der Waals surface area contributed by atoms with E-state index in [1.807, 2.05) is 38.1 Å². The number of carbonyl (C=O) groups is 3. The van der Waals surface area contributed by atoms with Gasteiger partial charge in [0.25, 0.3) is 11.8 Å². The van der Waals surface area contributed by atoms with Gasteiger partial charge in [0.15, 0.2) is 0 Å². The van der Waals surface area contributed by atoms with Crippen LogP contribution in [0.2, 0.25) is 0 Å². The van der Waals surface area contributed by atoms with Gasteiger partial charge in [0.2, 0.25) is 5.91 Å². The number of hydrogen-bond donors (Lipinski definition) is 0. The lowest BCUT2D eigenvalue weighted by Gasteiger charge is -2.27. The predicted octanol–water partition coefficient (Wildman–Crippen LogP) is 3.26. The summed E-state index contributed by atoms with van der Waals surface area (Å²) in [5.41, 5.74) is 2.91. The second kappa shape index (κ2) is 7.58. The number of imide groups is 1. The number of nitrogens with zero attached hydrogens (tertiary/aromatic N) is 2. The molecule has 2 aromatic carbocycles. The van der Waals surface area contributed by atoms with Crippen LogP contribution in [0.5, 0.6) is 0 Å². The molecule has 1 unspecified atom stereocenters. The SMILES string of the molecule is C=CCN(C(=O)c1ccccc1C)C1CC(=O)N(c2ccc(C)cc2)C1=O. The van der Waals surface area contributed by atoms with Crippen molar-refractivity contribution in [2.45, 2.75) is 26.3 Å². The van der Waals surface area contributed by atoms with Crippen LogP contribution in [0.25, 0.3) is 0 Å². The van der Waals surface area contributed by atoms with Crippen molar-refractivity contribution >= 4 is 23.4 Å². The Labute approximate surface area is 158 Å². The molecular weight excluding hydrogens is 340 g/mol. The molecule has 3 amide bonds. The molecule has 2 aromatic rings. The second-order valence-corrected chi connectivity index (χ2v) is 6.68. The van der Waals surface area contributed by atoms with Crippen LogP contribution >= 0.6 is 0 Å². The number of amides is 3. The lowest BCUT2D eigenvalue weighted by molar-refractivity contribution is -0.122. The maximum absolute atomic E-state index is 13.1. The van der Waals surface area contributed by atoms with Crippen LogP contribution in [-0.4, -0.2) is 35.2 Å². The fraction of sp³-hybridized carbons (Fsp3) is 0.227. The third-order valence-corrected chi connectivity index (χ3v) is 4.75. The smallest absolute Gasteiger partial charge is 0.257 e. The highest BCUT2D eigenvalue weighted by atomic mass is 16.2. The average molecular weight is 362 g/mol. The lowest BCUT2D eigenvalue weighted by Crippen LogP contribution is -2.45. The van der Waals surface area contributed by atoms with Gasteiger partial charge in [0.05, 0.1) is 12.1 Å². The number of hydrogen-bond acceptors (Lipinski definition) is 3. The molecule has 0 aromatic heterocycles. The summed E-state index contributed by atoms with van der Waals surface area (Å²) in [7, 11) is 0. The molecule has 0 spiro atoms. The van der Waals surface area contributed by atoms with Gasteiger partial charge in [0.1, 0.15) is 6.04 Å². The molecule has 5 heteroatoms. The van der Waals surface area contributed by atoms with Crippen molar-refractivity contribution in [2.24, 2.45) is 0 Å². The van der Waals surface area contributed by atoms with Gasteiger partial charge >= 0.3 is 0 Å². The molecule has 1 aliphatic heterocycles. The zero-order chi connectivity index (χ0) is 19.6. The highest BCUT2D eigenvalue weighted by molar-refractivity contribution is 6.23. The van der Waals surface area contributed by atoms with Gasteiger partial charge in [-0.2, -0.15) is 0 Å². The Hall–Kier alpha value is -3.21. The zero-order valence-electron chi connectivity index (χ0n) is 15.5. The van der Waals surface area contributed by atoms with E-state index >= 15 is 0 Å². The van der Waals surface area contributed by atoms with Crippen LogP contribution in [0.15, 0.2) is 61.2 Å². The summed E-state index contributed by atoms with van der Waals surface area (Å²) in [5.74, 6) is -0.960. The molecule has 5 nitrogen and oxygen atoms in total. The summed E-state index contributed by atoms with van der Waals surface area (Å²) in [5, 5.41) is 0. The Kier molecular flexibility index (Phi) is 5.21. The monoisotopic (exact) mass is 362 g/mol. The Morgan fingerprint density at radius 3 is 2.44 bits per heavy atom. The van der Waals surface area contributed by atoms with Gasteiger partial charge in [-0.25, -0.2) is 4.90 Å². The fourth-order valence-electron chi connectivity index (χ4n) is 3.28. The van der Waals surface area contributed by atoms with E-state index in [0.29, 0.717) is 11.3 Å². The first-order chi connectivity index (χ1) is 12.9. The van der Waals surface area contributed by atoms with E-state index in [1.165, 1.54) is 9.80 Å². The molecule has 0 bridgehead atoms. The molecule has 1 saturated heterocycles. The van der Waals surface area contributed by atoms with Gasteiger partial charge in [-0.3, -0.25) is 14.4 Å². The summed E-state index contributed by atoms with van der Waals surface area (Å²) in [6, 6.07) is 13.6. The molecule has 0 N–H and O–H groups in total. The maximum Gasteiger partial charge on any atom is 0.257 e. The van der Waals surface area contributed by atoms with Gasteiger partial charge in [-0.05, 0) is 37.6 Å². The second-order valence-electron chi connectivity index (χ2n) is 6.68. The molecule has 1 atom stereocenters. The maximum atomic E-state index is 13.1. The minimum atomic E-state index is -0.830. The molecule has 138 valence electrons. The molecule has 0 aliphatic carbocycles. The summed E-state index contributed by atoms with van der Waals surface area (Å²) < 4.78 is 0.